The summed E-state index contributed by atoms with van der Waals surface area (Å²) in [5, 5.41) is 0. The van der Waals surface area contributed by atoms with Crippen LogP contribution in [-0.2, 0) is 11.2 Å². The van der Waals surface area contributed by atoms with E-state index in [0.717, 1.165) is 25.1 Å². The molecule has 1 aromatic carbocycles. The van der Waals surface area contributed by atoms with Gasteiger partial charge in [-0.05, 0) is 36.1 Å². The number of ether oxygens (including phenoxy) is 1. The summed E-state index contributed by atoms with van der Waals surface area (Å²) in [6.45, 7) is 1.30. The summed E-state index contributed by atoms with van der Waals surface area (Å²) < 4.78 is 5.82. The summed E-state index contributed by atoms with van der Waals surface area (Å²) in [7, 11) is 0. The van der Waals surface area contributed by atoms with Gasteiger partial charge in [0.25, 0.3) is 0 Å². The van der Waals surface area contributed by atoms with Crippen LogP contribution in [0.25, 0.3) is 11.3 Å². The number of pyridine rings is 1. The molecule has 2 aromatic rings. The van der Waals surface area contributed by atoms with Crippen molar-refractivity contribution in [3.8, 4) is 11.3 Å². The fourth-order valence-electron chi connectivity index (χ4n) is 2.71. The molecule has 0 spiro atoms. The van der Waals surface area contributed by atoms with E-state index in [1.54, 1.807) is 0 Å². The molecule has 1 unspecified atom stereocenters. The van der Waals surface area contributed by atoms with Crippen molar-refractivity contribution in [3.63, 3.8) is 0 Å². The lowest BCUT2D eigenvalue weighted by atomic mass is 9.93. The first kappa shape index (κ1) is 15.0. The summed E-state index contributed by atoms with van der Waals surface area (Å²) in [6.07, 6.45) is 3.91. The van der Waals surface area contributed by atoms with Crippen molar-refractivity contribution >= 4 is 12.4 Å². The molecule has 0 radical (unpaired) electrons. The van der Waals surface area contributed by atoms with Gasteiger partial charge >= 0.3 is 0 Å². The Morgan fingerprint density at radius 2 is 2.10 bits per heavy atom. The van der Waals surface area contributed by atoms with E-state index in [0.29, 0.717) is 6.54 Å². The minimum absolute atomic E-state index is 0. The lowest BCUT2D eigenvalue weighted by Gasteiger charge is -2.18. The van der Waals surface area contributed by atoms with Gasteiger partial charge in [-0.2, -0.15) is 0 Å². The van der Waals surface area contributed by atoms with Gasteiger partial charge in [-0.3, -0.25) is 4.98 Å². The summed E-state index contributed by atoms with van der Waals surface area (Å²) in [6, 6.07) is 12.4. The standard InChI is InChI=1S/C16H18N2O.ClH/c17-11-16-14-6-3-5-13(12(14)7-4-10-19-16)15-8-1-2-9-18-15;/h1-3,5-6,8-9,16H,4,7,10-11,17H2;1H. The van der Waals surface area contributed by atoms with E-state index in [9.17, 15) is 0 Å². The van der Waals surface area contributed by atoms with Crippen LogP contribution in [0.5, 0.6) is 0 Å². The van der Waals surface area contributed by atoms with Crippen LogP contribution in [0.3, 0.4) is 0 Å². The molecule has 1 aliphatic heterocycles. The molecule has 0 amide bonds. The number of benzene rings is 1. The van der Waals surface area contributed by atoms with E-state index in [1.807, 2.05) is 18.3 Å². The average Bonchev–Trinajstić information content (AvgIpc) is 2.69. The summed E-state index contributed by atoms with van der Waals surface area (Å²) in [4.78, 5) is 4.47. The van der Waals surface area contributed by atoms with Gasteiger partial charge in [0, 0.05) is 24.9 Å². The number of fused-ring (bicyclic) bond motifs is 1. The van der Waals surface area contributed by atoms with Gasteiger partial charge in [0.15, 0.2) is 0 Å². The third-order valence-electron chi connectivity index (χ3n) is 3.60. The molecule has 0 fully saturated rings. The first-order valence-corrected chi connectivity index (χ1v) is 6.75. The quantitative estimate of drug-likeness (QED) is 0.924. The molecule has 3 rings (SSSR count). The van der Waals surface area contributed by atoms with Gasteiger partial charge in [-0.25, -0.2) is 0 Å². The second kappa shape index (κ2) is 6.84. The van der Waals surface area contributed by atoms with Crippen LogP contribution in [0.15, 0.2) is 42.6 Å². The van der Waals surface area contributed by atoms with Crippen LogP contribution in [-0.4, -0.2) is 18.1 Å². The van der Waals surface area contributed by atoms with Crippen LogP contribution >= 0.6 is 12.4 Å². The van der Waals surface area contributed by atoms with Gasteiger partial charge in [-0.15, -0.1) is 12.4 Å². The van der Waals surface area contributed by atoms with Gasteiger partial charge in [-0.1, -0.05) is 24.3 Å². The topological polar surface area (TPSA) is 48.1 Å². The van der Waals surface area contributed by atoms with Crippen LogP contribution in [0.4, 0.5) is 0 Å². The van der Waals surface area contributed by atoms with Crippen molar-refractivity contribution in [2.24, 2.45) is 5.73 Å². The molecule has 1 aromatic heterocycles. The molecule has 2 heterocycles. The van der Waals surface area contributed by atoms with Crippen molar-refractivity contribution in [1.29, 1.82) is 0 Å². The molecule has 20 heavy (non-hydrogen) atoms. The number of nitrogens with two attached hydrogens (primary N) is 1. The largest absolute Gasteiger partial charge is 0.372 e. The Balaban J connectivity index is 0.00000147. The minimum Gasteiger partial charge on any atom is -0.372 e. The van der Waals surface area contributed by atoms with Crippen LogP contribution in [0, 0.1) is 0 Å². The second-order valence-electron chi connectivity index (χ2n) is 4.79. The maximum Gasteiger partial charge on any atom is 0.0949 e. The van der Waals surface area contributed by atoms with Crippen molar-refractivity contribution in [2.75, 3.05) is 13.2 Å². The second-order valence-corrected chi connectivity index (χ2v) is 4.79. The first-order chi connectivity index (χ1) is 9.40. The smallest absolute Gasteiger partial charge is 0.0949 e. The highest BCUT2D eigenvalue weighted by Crippen LogP contribution is 2.32. The van der Waals surface area contributed by atoms with Crippen molar-refractivity contribution < 1.29 is 4.74 Å². The highest BCUT2D eigenvalue weighted by molar-refractivity contribution is 5.85. The number of hydrogen-bond acceptors (Lipinski definition) is 3. The fourth-order valence-corrected chi connectivity index (χ4v) is 2.71. The molecule has 3 nitrogen and oxygen atoms in total. The molecule has 4 heteroatoms. The van der Waals surface area contributed by atoms with Gasteiger partial charge < -0.3 is 10.5 Å². The minimum atomic E-state index is 0. The maximum atomic E-state index is 5.84. The zero-order valence-electron chi connectivity index (χ0n) is 11.3. The maximum absolute atomic E-state index is 5.84. The monoisotopic (exact) mass is 290 g/mol. The number of halogens is 1. The Hall–Kier alpha value is -1.42. The van der Waals surface area contributed by atoms with Gasteiger partial charge in [0.05, 0.1) is 11.8 Å². The van der Waals surface area contributed by atoms with Crippen molar-refractivity contribution in [3.05, 3.63) is 53.7 Å². The van der Waals surface area contributed by atoms with Crippen LogP contribution in [0.2, 0.25) is 0 Å². The Morgan fingerprint density at radius 1 is 1.20 bits per heavy atom. The Labute approximate surface area is 125 Å². The molecule has 1 atom stereocenters. The zero-order valence-corrected chi connectivity index (χ0v) is 12.1. The molecule has 0 aliphatic carbocycles. The van der Waals surface area contributed by atoms with E-state index < -0.39 is 0 Å². The third-order valence-corrected chi connectivity index (χ3v) is 3.60. The fraction of sp³-hybridized carbons (Fsp3) is 0.312. The number of rotatable bonds is 2. The SMILES string of the molecule is Cl.NCC1OCCCc2c(-c3ccccn3)cccc21. The number of nitrogens with zero attached hydrogens (tertiary/aromatic N) is 1. The van der Waals surface area contributed by atoms with Gasteiger partial charge in [0.1, 0.15) is 0 Å². The Morgan fingerprint density at radius 3 is 2.85 bits per heavy atom. The van der Waals surface area contributed by atoms with Crippen LogP contribution < -0.4 is 5.73 Å². The molecule has 1 aliphatic rings. The Bertz CT molecular complexity index is 560. The van der Waals surface area contributed by atoms with E-state index in [2.05, 4.69) is 29.2 Å². The highest BCUT2D eigenvalue weighted by atomic mass is 35.5. The van der Waals surface area contributed by atoms with E-state index >= 15 is 0 Å². The molecule has 0 bridgehead atoms. The van der Waals surface area contributed by atoms with Crippen molar-refractivity contribution in [2.45, 2.75) is 18.9 Å². The molecular weight excluding hydrogens is 272 g/mol. The normalized spacial score (nSPS) is 17.8. The molecule has 2 N–H and O–H groups in total. The number of aromatic nitrogens is 1. The average molecular weight is 291 g/mol. The summed E-state index contributed by atoms with van der Waals surface area (Å²) in [5.74, 6) is 0. The van der Waals surface area contributed by atoms with Crippen molar-refractivity contribution in [1.82, 2.24) is 4.98 Å². The predicted octanol–water partition coefficient (Wildman–Crippen LogP) is 3.13. The number of hydrogen-bond donors (Lipinski definition) is 1. The summed E-state index contributed by atoms with van der Waals surface area (Å²) in [5.41, 5.74) is 10.6. The predicted molar refractivity (Wildman–Crippen MR) is 83.0 cm³/mol. The first-order valence-electron chi connectivity index (χ1n) is 6.75. The molecule has 0 saturated heterocycles. The molecule has 0 saturated carbocycles. The summed E-state index contributed by atoms with van der Waals surface area (Å²) >= 11 is 0. The Kier molecular flexibility index (Phi) is 5.12. The van der Waals surface area contributed by atoms with E-state index in [4.69, 9.17) is 10.5 Å². The highest BCUT2D eigenvalue weighted by Gasteiger charge is 2.20. The van der Waals surface area contributed by atoms with Gasteiger partial charge in [0.2, 0.25) is 0 Å². The van der Waals surface area contributed by atoms with E-state index in [1.165, 1.54) is 16.7 Å². The van der Waals surface area contributed by atoms with Crippen LogP contribution in [0.1, 0.15) is 23.7 Å². The lowest BCUT2D eigenvalue weighted by molar-refractivity contribution is 0.0627. The zero-order chi connectivity index (χ0) is 13.1. The van der Waals surface area contributed by atoms with E-state index in [-0.39, 0.29) is 18.5 Å². The lowest BCUT2D eigenvalue weighted by Crippen LogP contribution is -2.16. The molecular formula is C16H19ClN2O. The third kappa shape index (κ3) is 2.85. The molecule has 106 valence electrons.